The molecule has 168 valence electrons. The lowest BCUT2D eigenvalue weighted by Gasteiger charge is -2.22. The molecule has 6 rings (SSSR count). The molecular weight excluding hydrogens is 414 g/mol. The Balaban J connectivity index is 1.42. The van der Waals surface area contributed by atoms with Crippen molar-refractivity contribution in [1.29, 1.82) is 0 Å². The molecule has 0 aromatic carbocycles. The van der Waals surface area contributed by atoms with E-state index in [9.17, 15) is 0 Å². The van der Waals surface area contributed by atoms with E-state index in [1.54, 1.807) is 0 Å². The predicted octanol–water partition coefficient (Wildman–Crippen LogP) is 4.72. The summed E-state index contributed by atoms with van der Waals surface area (Å²) in [4.78, 5) is 20.0. The van der Waals surface area contributed by atoms with Gasteiger partial charge in [-0.2, -0.15) is 10.2 Å². The lowest BCUT2D eigenvalue weighted by molar-refractivity contribution is 0.642. The SMILES string of the molecule is CCCN(CCC)c1nccc2[nH]c(-c3[nH]nc4ncc(-c5cnn(C6CC6)c5)cc34)nc12. The third-order valence-corrected chi connectivity index (χ3v) is 6.17. The lowest BCUT2D eigenvalue weighted by Crippen LogP contribution is -2.26. The second kappa shape index (κ2) is 7.99. The first-order valence-electron chi connectivity index (χ1n) is 11.7. The highest BCUT2D eigenvalue weighted by molar-refractivity contribution is 5.95. The number of rotatable bonds is 8. The summed E-state index contributed by atoms with van der Waals surface area (Å²) in [6, 6.07) is 4.64. The Hall–Kier alpha value is -3.75. The maximum atomic E-state index is 4.95. The average Bonchev–Trinajstić information content (AvgIpc) is 3.24. The van der Waals surface area contributed by atoms with Gasteiger partial charge in [-0.1, -0.05) is 13.8 Å². The number of aromatic amines is 2. The molecule has 2 N–H and O–H groups in total. The standard InChI is InChI=1S/C24H27N9/c1-3-9-32(10-4-2)24-21-19(7-8-25-24)28-23(29-21)20-18-11-15(12-26-22(18)31-30-20)16-13-27-33(14-16)17-5-6-17/h7-8,11-14,17H,3-6,9-10H2,1-2H3,(H,28,29)(H,26,30,31). The molecule has 1 saturated carbocycles. The molecule has 9 nitrogen and oxygen atoms in total. The molecule has 5 aromatic heterocycles. The topological polar surface area (TPSA) is 104 Å². The molecule has 33 heavy (non-hydrogen) atoms. The zero-order chi connectivity index (χ0) is 22.4. The van der Waals surface area contributed by atoms with Crippen molar-refractivity contribution in [2.24, 2.45) is 0 Å². The van der Waals surface area contributed by atoms with Crippen LogP contribution in [0.1, 0.15) is 45.6 Å². The molecular formula is C24H27N9. The van der Waals surface area contributed by atoms with Crippen LogP contribution < -0.4 is 4.90 Å². The number of aromatic nitrogens is 8. The van der Waals surface area contributed by atoms with Gasteiger partial charge in [0.05, 0.1) is 23.1 Å². The number of imidazole rings is 1. The number of nitrogens with zero attached hydrogens (tertiary/aromatic N) is 7. The highest BCUT2D eigenvalue weighted by Gasteiger charge is 2.24. The fraction of sp³-hybridized carbons (Fsp3) is 0.375. The van der Waals surface area contributed by atoms with E-state index in [1.165, 1.54) is 12.8 Å². The van der Waals surface area contributed by atoms with Gasteiger partial charge in [0.2, 0.25) is 0 Å². The van der Waals surface area contributed by atoms with Crippen molar-refractivity contribution in [2.45, 2.75) is 45.6 Å². The number of pyridine rings is 2. The van der Waals surface area contributed by atoms with Gasteiger partial charge in [-0.15, -0.1) is 0 Å². The Morgan fingerprint density at radius 2 is 1.94 bits per heavy atom. The summed E-state index contributed by atoms with van der Waals surface area (Å²) >= 11 is 0. The van der Waals surface area contributed by atoms with Crippen molar-refractivity contribution in [3.63, 3.8) is 0 Å². The van der Waals surface area contributed by atoms with Gasteiger partial charge < -0.3 is 9.88 Å². The van der Waals surface area contributed by atoms with Crippen LogP contribution in [0.25, 0.3) is 44.7 Å². The molecule has 0 bridgehead atoms. The van der Waals surface area contributed by atoms with Crippen molar-refractivity contribution in [2.75, 3.05) is 18.0 Å². The summed E-state index contributed by atoms with van der Waals surface area (Å²) in [6.45, 7) is 6.29. The Morgan fingerprint density at radius 3 is 2.73 bits per heavy atom. The third kappa shape index (κ3) is 3.53. The molecule has 1 fully saturated rings. The number of fused-ring (bicyclic) bond motifs is 2. The van der Waals surface area contributed by atoms with Gasteiger partial charge in [0.25, 0.3) is 0 Å². The number of hydrogen-bond donors (Lipinski definition) is 2. The minimum atomic E-state index is 0.554. The first-order chi connectivity index (χ1) is 16.2. The summed E-state index contributed by atoms with van der Waals surface area (Å²) in [5.41, 5.74) is 5.42. The Bertz CT molecular complexity index is 1420. The summed E-state index contributed by atoms with van der Waals surface area (Å²) in [5, 5.41) is 13.0. The summed E-state index contributed by atoms with van der Waals surface area (Å²) in [7, 11) is 0. The van der Waals surface area contributed by atoms with Crippen molar-refractivity contribution in [3.05, 3.63) is 36.9 Å². The van der Waals surface area contributed by atoms with Crippen LogP contribution in [-0.4, -0.2) is 53.0 Å². The van der Waals surface area contributed by atoms with Crippen molar-refractivity contribution < 1.29 is 0 Å². The monoisotopic (exact) mass is 441 g/mol. The van der Waals surface area contributed by atoms with Gasteiger partial charge in [-0.05, 0) is 37.8 Å². The largest absolute Gasteiger partial charge is 0.355 e. The van der Waals surface area contributed by atoms with Crippen LogP contribution in [0.3, 0.4) is 0 Å². The smallest absolute Gasteiger partial charge is 0.181 e. The zero-order valence-corrected chi connectivity index (χ0v) is 18.9. The van der Waals surface area contributed by atoms with Crippen molar-refractivity contribution in [1.82, 2.24) is 39.9 Å². The highest BCUT2D eigenvalue weighted by Crippen LogP contribution is 2.36. The van der Waals surface area contributed by atoms with E-state index in [-0.39, 0.29) is 0 Å². The van der Waals surface area contributed by atoms with Crippen LogP contribution >= 0.6 is 0 Å². The highest BCUT2D eigenvalue weighted by atomic mass is 15.3. The Labute approximate surface area is 191 Å². The molecule has 1 aliphatic rings. The maximum absolute atomic E-state index is 4.95. The van der Waals surface area contributed by atoms with Crippen molar-refractivity contribution >= 4 is 27.9 Å². The Kier molecular flexibility index (Phi) is 4.82. The first kappa shape index (κ1) is 19.9. The van der Waals surface area contributed by atoms with Crippen LogP contribution in [0.15, 0.2) is 36.9 Å². The van der Waals surface area contributed by atoms with Gasteiger partial charge in [0.1, 0.15) is 11.2 Å². The fourth-order valence-electron chi connectivity index (χ4n) is 4.40. The van der Waals surface area contributed by atoms with E-state index >= 15 is 0 Å². The maximum Gasteiger partial charge on any atom is 0.181 e. The quantitative estimate of drug-likeness (QED) is 0.361. The van der Waals surface area contributed by atoms with Gasteiger partial charge >= 0.3 is 0 Å². The van der Waals surface area contributed by atoms with Crippen molar-refractivity contribution in [3.8, 4) is 22.6 Å². The molecule has 0 aliphatic heterocycles. The lowest BCUT2D eigenvalue weighted by atomic mass is 10.1. The van der Waals surface area contributed by atoms with Crippen LogP contribution in [0.4, 0.5) is 5.82 Å². The minimum Gasteiger partial charge on any atom is -0.355 e. The molecule has 0 saturated heterocycles. The zero-order valence-electron chi connectivity index (χ0n) is 18.9. The number of nitrogens with one attached hydrogen (secondary N) is 2. The van der Waals surface area contributed by atoms with Crippen LogP contribution in [0.2, 0.25) is 0 Å². The van der Waals surface area contributed by atoms with Gasteiger partial charge in [0.15, 0.2) is 17.3 Å². The molecule has 0 atom stereocenters. The minimum absolute atomic E-state index is 0.554. The third-order valence-electron chi connectivity index (χ3n) is 6.17. The predicted molar refractivity (Wildman–Crippen MR) is 129 cm³/mol. The van der Waals surface area contributed by atoms with Gasteiger partial charge in [-0.3, -0.25) is 9.78 Å². The second-order valence-electron chi connectivity index (χ2n) is 8.74. The van der Waals surface area contributed by atoms with Crippen LogP contribution in [0.5, 0.6) is 0 Å². The summed E-state index contributed by atoms with van der Waals surface area (Å²) < 4.78 is 2.06. The molecule has 1 aliphatic carbocycles. The molecule has 0 spiro atoms. The number of H-pyrrole nitrogens is 2. The molecule has 5 heterocycles. The fourth-order valence-corrected chi connectivity index (χ4v) is 4.40. The summed E-state index contributed by atoms with van der Waals surface area (Å²) in [5.74, 6) is 1.66. The molecule has 0 amide bonds. The number of anilines is 1. The molecule has 9 heteroatoms. The van der Waals surface area contributed by atoms with Gasteiger partial charge in [0, 0.05) is 42.8 Å². The van der Waals surface area contributed by atoms with E-state index in [4.69, 9.17) is 4.98 Å². The number of hydrogen-bond acceptors (Lipinski definition) is 6. The molecule has 5 aromatic rings. The van der Waals surface area contributed by atoms with E-state index in [0.29, 0.717) is 11.7 Å². The van der Waals surface area contributed by atoms with Crippen LogP contribution in [0, 0.1) is 0 Å². The second-order valence-corrected chi connectivity index (χ2v) is 8.74. The van der Waals surface area contributed by atoms with Gasteiger partial charge in [-0.25, -0.2) is 15.0 Å². The van der Waals surface area contributed by atoms with E-state index in [2.05, 4.69) is 65.9 Å². The first-order valence-corrected chi connectivity index (χ1v) is 11.7. The average molecular weight is 442 g/mol. The normalized spacial score (nSPS) is 13.9. The Morgan fingerprint density at radius 1 is 1.09 bits per heavy atom. The summed E-state index contributed by atoms with van der Waals surface area (Å²) in [6.07, 6.45) is 12.3. The van der Waals surface area contributed by atoms with E-state index in [0.717, 1.165) is 70.8 Å². The molecule has 0 unspecified atom stereocenters. The molecule has 0 radical (unpaired) electrons. The van der Waals surface area contributed by atoms with Crippen LogP contribution in [-0.2, 0) is 0 Å². The van der Waals surface area contributed by atoms with E-state index in [1.807, 2.05) is 24.7 Å². The van der Waals surface area contributed by atoms with E-state index < -0.39 is 0 Å².